The largest absolute Gasteiger partial charge is 0.344 e. The fourth-order valence-electron chi connectivity index (χ4n) is 4.16. The van der Waals surface area contributed by atoms with Crippen molar-refractivity contribution in [3.8, 4) is 0 Å². The second-order valence-corrected chi connectivity index (χ2v) is 11.3. The van der Waals surface area contributed by atoms with Crippen LogP contribution in [0.2, 0.25) is 0 Å². The summed E-state index contributed by atoms with van der Waals surface area (Å²) in [6.45, 7) is 5.82. The first-order valence-corrected chi connectivity index (χ1v) is 13.8. The molecule has 0 heterocycles. The van der Waals surface area contributed by atoms with Crippen LogP contribution in [0.15, 0.2) is 114 Å². The normalized spacial score (nSPS) is 12.2. The Balaban J connectivity index is 1.68. The monoisotopic (exact) mass is 512 g/mol. The number of nitrogens with one attached hydrogen (secondary N) is 1. The van der Waals surface area contributed by atoms with Crippen molar-refractivity contribution < 1.29 is 13.2 Å². The number of carbonyl (C=O) groups is 1. The molecule has 37 heavy (non-hydrogen) atoms. The third-order valence-corrected chi connectivity index (χ3v) is 8.10. The molecule has 1 atom stereocenters. The predicted molar refractivity (Wildman–Crippen MR) is 149 cm³/mol. The summed E-state index contributed by atoms with van der Waals surface area (Å²) in [5, 5.41) is 3.08. The van der Waals surface area contributed by atoms with Gasteiger partial charge in [-0.15, -0.1) is 0 Å². The van der Waals surface area contributed by atoms with Gasteiger partial charge in [0.25, 0.3) is 10.0 Å². The van der Waals surface area contributed by atoms with Crippen LogP contribution in [-0.2, 0) is 14.8 Å². The maximum Gasteiger partial charge on any atom is 0.264 e. The number of anilines is 1. The second kappa shape index (κ2) is 11.4. The zero-order valence-electron chi connectivity index (χ0n) is 21.3. The van der Waals surface area contributed by atoms with E-state index in [1.165, 1.54) is 4.31 Å². The number of benzene rings is 4. The number of hydrogen-bond acceptors (Lipinski definition) is 3. The lowest BCUT2D eigenvalue weighted by Crippen LogP contribution is -2.42. The molecule has 5 nitrogen and oxygen atoms in total. The van der Waals surface area contributed by atoms with Gasteiger partial charge >= 0.3 is 0 Å². The maximum absolute atomic E-state index is 13.7. The number of hydrogen-bond donors (Lipinski definition) is 1. The third-order valence-electron chi connectivity index (χ3n) is 6.32. The van der Waals surface area contributed by atoms with Crippen molar-refractivity contribution in [1.82, 2.24) is 5.32 Å². The van der Waals surface area contributed by atoms with Crippen molar-refractivity contribution in [3.05, 3.63) is 131 Å². The summed E-state index contributed by atoms with van der Waals surface area (Å²) in [4.78, 5) is 13.6. The van der Waals surface area contributed by atoms with Crippen LogP contribution >= 0.6 is 0 Å². The molecule has 1 N–H and O–H groups in total. The van der Waals surface area contributed by atoms with Gasteiger partial charge in [0.1, 0.15) is 6.54 Å². The van der Waals surface area contributed by atoms with Crippen LogP contribution in [0.3, 0.4) is 0 Å². The summed E-state index contributed by atoms with van der Waals surface area (Å²) in [5.41, 5.74) is 4.48. The van der Waals surface area contributed by atoms with Crippen molar-refractivity contribution in [2.24, 2.45) is 0 Å². The van der Waals surface area contributed by atoms with E-state index in [0.717, 1.165) is 22.3 Å². The fourth-order valence-corrected chi connectivity index (χ4v) is 5.60. The van der Waals surface area contributed by atoms with Crippen molar-refractivity contribution in [2.75, 3.05) is 10.8 Å². The van der Waals surface area contributed by atoms with E-state index in [4.69, 9.17) is 0 Å². The smallest absolute Gasteiger partial charge is 0.264 e. The molecule has 0 fully saturated rings. The summed E-state index contributed by atoms with van der Waals surface area (Å²) in [6.07, 6.45) is 0. The van der Waals surface area contributed by atoms with E-state index in [0.29, 0.717) is 11.6 Å². The predicted octanol–water partition coefficient (Wildman–Crippen LogP) is 6.22. The van der Waals surface area contributed by atoms with Crippen LogP contribution in [0.5, 0.6) is 0 Å². The first kappa shape index (κ1) is 26.2. The van der Waals surface area contributed by atoms with E-state index < -0.39 is 22.0 Å². The molecule has 0 aromatic heterocycles. The Morgan fingerprint density at radius 1 is 0.730 bits per heavy atom. The van der Waals surface area contributed by atoms with Gasteiger partial charge in [-0.1, -0.05) is 104 Å². The molecular formula is C31H32N2O3S. The van der Waals surface area contributed by atoms with Crippen LogP contribution in [-0.4, -0.2) is 20.9 Å². The Labute approximate surface area is 219 Å². The van der Waals surface area contributed by atoms with Gasteiger partial charge in [0.05, 0.1) is 16.6 Å². The Morgan fingerprint density at radius 2 is 1.24 bits per heavy atom. The van der Waals surface area contributed by atoms with E-state index in [2.05, 4.69) is 19.2 Å². The molecule has 0 saturated carbocycles. The Bertz CT molecular complexity index is 1420. The van der Waals surface area contributed by atoms with E-state index in [9.17, 15) is 13.2 Å². The minimum Gasteiger partial charge on any atom is -0.344 e. The van der Waals surface area contributed by atoms with E-state index in [1.807, 2.05) is 73.7 Å². The van der Waals surface area contributed by atoms with Crippen molar-refractivity contribution in [1.29, 1.82) is 0 Å². The number of rotatable bonds is 9. The Kier molecular flexibility index (Phi) is 8.09. The highest BCUT2D eigenvalue weighted by molar-refractivity contribution is 7.92. The lowest BCUT2D eigenvalue weighted by molar-refractivity contribution is -0.120. The molecule has 4 aromatic rings. The van der Waals surface area contributed by atoms with Gasteiger partial charge in [0, 0.05) is 0 Å². The first-order chi connectivity index (χ1) is 17.8. The fraction of sp³-hybridized carbons (Fsp3) is 0.194. The Hall–Kier alpha value is -3.90. The lowest BCUT2D eigenvalue weighted by atomic mass is 9.98. The molecule has 4 aromatic carbocycles. The molecule has 0 saturated heterocycles. The first-order valence-electron chi connectivity index (χ1n) is 12.3. The molecule has 0 spiro atoms. The molecule has 1 amide bonds. The summed E-state index contributed by atoms with van der Waals surface area (Å²) >= 11 is 0. The highest BCUT2D eigenvalue weighted by Gasteiger charge is 2.28. The van der Waals surface area contributed by atoms with E-state index >= 15 is 0 Å². The summed E-state index contributed by atoms with van der Waals surface area (Å²) in [7, 11) is -3.98. The van der Waals surface area contributed by atoms with Gasteiger partial charge in [-0.3, -0.25) is 9.10 Å². The molecule has 0 aliphatic carbocycles. The molecule has 0 bridgehead atoms. The molecule has 0 aliphatic heterocycles. The Morgan fingerprint density at radius 3 is 1.81 bits per heavy atom. The van der Waals surface area contributed by atoms with Crippen LogP contribution in [0.1, 0.15) is 48.1 Å². The number of carbonyl (C=O) groups excluding carboxylic acids is 1. The quantitative estimate of drug-likeness (QED) is 0.290. The van der Waals surface area contributed by atoms with E-state index in [-0.39, 0.29) is 11.4 Å². The van der Waals surface area contributed by atoms with Crippen molar-refractivity contribution in [3.63, 3.8) is 0 Å². The van der Waals surface area contributed by atoms with Gasteiger partial charge in [-0.05, 0) is 53.8 Å². The molecule has 6 heteroatoms. The van der Waals surface area contributed by atoms with Crippen LogP contribution in [0, 0.1) is 6.92 Å². The average Bonchev–Trinajstić information content (AvgIpc) is 2.92. The van der Waals surface area contributed by atoms with Gasteiger partial charge in [0.2, 0.25) is 5.91 Å². The molecule has 0 aliphatic rings. The topological polar surface area (TPSA) is 66.5 Å². The number of aryl methyl sites for hydroxylation is 1. The summed E-state index contributed by atoms with van der Waals surface area (Å²) < 4.78 is 28.6. The van der Waals surface area contributed by atoms with E-state index in [1.54, 1.807) is 42.5 Å². The minimum atomic E-state index is -3.98. The van der Waals surface area contributed by atoms with Gasteiger partial charge in [-0.2, -0.15) is 0 Å². The molecule has 190 valence electrons. The summed E-state index contributed by atoms with van der Waals surface area (Å²) in [5.74, 6) is -0.0976. The summed E-state index contributed by atoms with van der Waals surface area (Å²) in [6, 6.07) is 32.8. The number of amides is 1. The zero-order valence-corrected chi connectivity index (χ0v) is 22.2. The molecule has 0 unspecified atom stereocenters. The molecule has 4 rings (SSSR count). The van der Waals surface area contributed by atoms with Gasteiger partial charge in [0.15, 0.2) is 0 Å². The number of nitrogens with zero attached hydrogens (tertiary/aromatic N) is 1. The molecule has 0 radical (unpaired) electrons. The average molecular weight is 513 g/mol. The molecular weight excluding hydrogens is 480 g/mol. The van der Waals surface area contributed by atoms with Crippen LogP contribution < -0.4 is 9.62 Å². The number of sulfonamides is 1. The van der Waals surface area contributed by atoms with Crippen molar-refractivity contribution >= 4 is 21.6 Å². The van der Waals surface area contributed by atoms with Crippen molar-refractivity contribution in [2.45, 2.75) is 37.6 Å². The van der Waals surface area contributed by atoms with Crippen LogP contribution in [0.25, 0.3) is 0 Å². The SMILES string of the molecule is Cc1ccc([C@H](NC(=O)CN(c2ccc(C(C)C)cc2)S(=O)(=O)c2ccccc2)c2ccccc2)cc1. The zero-order chi connectivity index (χ0) is 26.4. The second-order valence-electron chi connectivity index (χ2n) is 9.39. The maximum atomic E-state index is 13.7. The highest BCUT2D eigenvalue weighted by atomic mass is 32.2. The standard InChI is InChI=1S/C31H32N2O3S/c1-23(2)25-18-20-28(21-19-25)33(37(35,36)29-12-8-5-9-13-29)22-30(34)32-31(26-10-6-4-7-11-26)27-16-14-24(3)15-17-27/h4-21,23,31H,22H2,1-3H3,(H,32,34)/t31-/m1/s1. The van der Waals surface area contributed by atoms with Crippen LogP contribution in [0.4, 0.5) is 5.69 Å². The lowest BCUT2D eigenvalue weighted by Gasteiger charge is -2.26. The third kappa shape index (κ3) is 6.27. The minimum absolute atomic E-state index is 0.133. The van der Waals surface area contributed by atoms with Gasteiger partial charge < -0.3 is 5.32 Å². The van der Waals surface area contributed by atoms with Gasteiger partial charge in [-0.25, -0.2) is 8.42 Å². The highest BCUT2D eigenvalue weighted by Crippen LogP contribution is 2.27.